The van der Waals surface area contributed by atoms with E-state index >= 15 is 0 Å². The quantitative estimate of drug-likeness (QED) is 0.524. The molecule has 4 rings (SSSR count). The highest BCUT2D eigenvalue weighted by Crippen LogP contribution is 2.29. The number of nitrogens with zero attached hydrogens (tertiary/aromatic N) is 2. The zero-order valence-electron chi connectivity index (χ0n) is 17.7. The Bertz CT molecular complexity index is 1220. The maximum Gasteiger partial charge on any atom is 0.341 e. The average molecular weight is 454 g/mol. The number of methoxy groups -OCH3 is 1. The highest BCUT2D eigenvalue weighted by molar-refractivity contribution is 5.93. The summed E-state index contributed by atoms with van der Waals surface area (Å²) < 4.78 is 39.3. The summed E-state index contributed by atoms with van der Waals surface area (Å²) >= 11 is 0. The van der Waals surface area contributed by atoms with Crippen molar-refractivity contribution in [2.75, 3.05) is 24.4 Å². The van der Waals surface area contributed by atoms with Gasteiger partial charge in [-0.2, -0.15) is 0 Å². The Morgan fingerprint density at radius 3 is 2.76 bits per heavy atom. The van der Waals surface area contributed by atoms with Crippen LogP contribution >= 0.6 is 0 Å². The first kappa shape index (κ1) is 22.1. The van der Waals surface area contributed by atoms with Gasteiger partial charge >= 0.3 is 5.97 Å². The van der Waals surface area contributed by atoms with E-state index in [0.29, 0.717) is 18.5 Å². The molecule has 0 saturated heterocycles. The van der Waals surface area contributed by atoms with Crippen LogP contribution in [0.2, 0.25) is 0 Å². The molecule has 170 valence electrons. The van der Waals surface area contributed by atoms with E-state index in [2.05, 4.69) is 20.6 Å². The lowest BCUT2D eigenvalue weighted by molar-refractivity contribution is -0.116. The van der Waals surface area contributed by atoms with Gasteiger partial charge in [0.1, 0.15) is 22.8 Å². The van der Waals surface area contributed by atoms with Crippen LogP contribution in [0.3, 0.4) is 0 Å². The summed E-state index contributed by atoms with van der Waals surface area (Å²) in [5.74, 6) is -1.97. The number of rotatable bonds is 1. The van der Waals surface area contributed by atoms with E-state index in [1.54, 1.807) is 12.1 Å². The minimum atomic E-state index is -0.715. The molecule has 1 aliphatic heterocycles. The largest absolute Gasteiger partial charge is 0.493 e. The maximum atomic E-state index is 14.5. The van der Waals surface area contributed by atoms with E-state index in [0.717, 1.165) is 12.3 Å². The molecule has 1 aromatic heterocycles. The van der Waals surface area contributed by atoms with Crippen molar-refractivity contribution in [1.29, 1.82) is 0 Å². The minimum Gasteiger partial charge on any atom is -0.493 e. The van der Waals surface area contributed by atoms with Crippen molar-refractivity contribution in [3.63, 3.8) is 0 Å². The summed E-state index contributed by atoms with van der Waals surface area (Å²) in [6.45, 7) is 0.238. The fraction of sp³-hybridized carbons (Fsp3) is 0.217. The highest BCUT2D eigenvalue weighted by atomic mass is 19.1. The van der Waals surface area contributed by atoms with E-state index in [4.69, 9.17) is 9.47 Å². The van der Waals surface area contributed by atoms with Crippen molar-refractivity contribution in [3.8, 4) is 17.0 Å². The maximum absolute atomic E-state index is 14.5. The average Bonchev–Trinajstić information content (AvgIpc) is 2.81. The van der Waals surface area contributed by atoms with E-state index in [1.165, 1.54) is 25.3 Å². The van der Waals surface area contributed by atoms with Gasteiger partial charge in [0.15, 0.2) is 5.82 Å². The predicted octanol–water partition coefficient (Wildman–Crippen LogP) is 4.45. The molecule has 1 aliphatic rings. The van der Waals surface area contributed by atoms with Crippen LogP contribution in [0.4, 0.5) is 26.1 Å². The Balaban J connectivity index is 1.77. The van der Waals surface area contributed by atoms with Gasteiger partial charge in [0.25, 0.3) is 0 Å². The van der Waals surface area contributed by atoms with Crippen molar-refractivity contribution in [2.24, 2.45) is 0 Å². The van der Waals surface area contributed by atoms with Crippen LogP contribution < -0.4 is 15.4 Å². The third-order valence-corrected chi connectivity index (χ3v) is 4.96. The van der Waals surface area contributed by atoms with Crippen molar-refractivity contribution in [1.82, 2.24) is 9.97 Å². The second-order valence-corrected chi connectivity index (χ2v) is 7.27. The first-order valence-electron chi connectivity index (χ1n) is 10.2. The number of hydrogen-bond donors (Lipinski definition) is 2. The Morgan fingerprint density at radius 1 is 1.09 bits per heavy atom. The van der Waals surface area contributed by atoms with Crippen LogP contribution in [0, 0.1) is 11.6 Å². The van der Waals surface area contributed by atoms with Gasteiger partial charge in [-0.05, 0) is 43.2 Å². The molecule has 2 heterocycles. The molecule has 6 bridgehead atoms. The lowest BCUT2D eigenvalue weighted by Gasteiger charge is -2.13. The molecule has 0 saturated carbocycles. The lowest BCUT2D eigenvalue weighted by atomic mass is 10.1. The van der Waals surface area contributed by atoms with E-state index in [1.807, 2.05) is 0 Å². The van der Waals surface area contributed by atoms with Gasteiger partial charge in [-0.3, -0.25) is 4.79 Å². The first-order valence-corrected chi connectivity index (χ1v) is 10.2. The van der Waals surface area contributed by atoms with Crippen LogP contribution in [-0.4, -0.2) is 35.6 Å². The molecule has 2 N–H and O–H groups in total. The molecule has 0 atom stereocenters. The zero-order chi connectivity index (χ0) is 23.4. The summed E-state index contributed by atoms with van der Waals surface area (Å²) in [5.41, 5.74) is 0.848. The number of ether oxygens (including phenoxy) is 2. The molecule has 0 fully saturated rings. The van der Waals surface area contributed by atoms with E-state index in [-0.39, 0.29) is 47.2 Å². The summed E-state index contributed by atoms with van der Waals surface area (Å²) in [7, 11) is 1.27. The summed E-state index contributed by atoms with van der Waals surface area (Å²) in [6.07, 6.45) is 2.11. The number of anilines is 3. The fourth-order valence-corrected chi connectivity index (χ4v) is 3.31. The Labute approximate surface area is 188 Å². The SMILES string of the molecule is COC(=O)c1ccc2cc1OCCCCC(=O)Nc1cc(ccc1F)-c1nc(ncc1F)N2. The second-order valence-electron chi connectivity index (χ2n) is 7.27. The summed E-state index contributed by atoms with van der Waals surface area (Å²) in [4.78, 5) is 32.5. The minimum absolute atomic E-state index is 0.0695. The third-order valence-electron chi connectivity index (χ3n) is 4.96. The van der Waals surface area contributed by atoms with Crippen molar-refractivity contribution >= 4 is 29.2 Å². The normalized spacial score (nSPS) is 13.7. The topological polar surface area (TPSA) is 102 Å². The molecule has 0 radical (unpaired) electrons. The van der Waals surface area contributed by atoms with Gasteiger partial charge in [-0.1, -0.05) is 0 Å². The molecule has 2 aromatic carbocycles. The Hall–Kier alpha value is -4.08. The molecule has 0 aliphatic carbocycles. The number of aromatic nitrogens is 2. The van der Waals surface area contributed by atoms with Crippen LogP contribution in [0.25, 0.3) is 11.3 Å². The Kier molecular flexibility index (Phi) is 6.43. The number of benzene rings is 2. The van der Waals surface area contributed by atoms with Crippen molar-refractivity contribution in [2.45, 2.75) is 19.3 Å². The number of fused-ring (bicyclic) bond motifs is 7. The predicted molar refractivity (Wildman–Crippen MR) is 116 cm³/mol. The number of esters is 1. The van der Waals surface area contributed by atoms with E-state index < -0.39 is 23.5 Å². The van der Waals surface area contributed by atoms with Crippen LogP contribution in [-0.2, 0) is 9.53 Å². The van der Waals surface area contributed by atoms with Gasteiger partial charge in [0.2, 0.25) is 11.9 Å². The lowest BCUT2D eigenvalue weighted by Crippen LogP contribution is -2.13. The molecular weight excluding hydrogens is 434 g/mol. The number of nitrogens with one attached hydrogen (secondary N) is 2. The van der Waals surface area contributed by atoms with Gasteiger partial charge in [-0.15, -0.1) is 0 Å². The number of halogens is 2. The van der Waals surface area contributed by atoms with Gasteiger partial charge in [-0.25, -0.2) is 23.5 Å². The second kappa shape index (κ2) is 9.60. The molecule has 0 unspecified atom stereocenters. The van der Waals surface area contributed by atoms with Crippen LogP contribution in [0.1, 0.15) is 29.6 Å². The molecule has 33 heavy (non-hydrogen) atoms. The molecule has 10 heteroatoms. The molecule has 1 amide bonds. The van der Waals surface area contributed by atoms with E-state index in [9.17, 15) is 18.4 Å². The fourth-order valence-electron chi connectivity index (χ4n) is 3.31. The van der Waals surface area contributed by atoms with Crippen LogP contribution in [0.15, 0.2) is 42.6 Å². The van der Waals surface area contributed by atoms with Crippen molar-refractivity contribution in [3.05, 3.63) is 59.8 Å². The number of carbonyl (C=O) groups is 2. The molecule has 3 aromatic rings. The smallest absolute Gasteiger partial charge is 0.341 e. The highest BCUT2D eigenvalue weighted by Gasteiger charge is 2.17. The summed E-state index contributed by atoms with van der Waals surface area (Å²) in [6, 6.07) is 8.55. The monoisotopic (exact) mass is 454 g/mol. The summed E-state index contributed by atoms with van der Waals surface area (Å²) in [5, 5.41) is 5.46. The third kappa shape index (κ3) is 5.05. The molecule has 0 spiro atoms. The number of hydrogen-bond acceptors (Lipinski definition) is 7. The van der Waals surface area contributed by atoms with Crippen molar-refractivity contribution < 1.29 is 27.8 Å². The molecular formula is C23H20F2N4O4. The van der Waals surface area contributed by atoms with Gasteiger partial charge in [0.05, 0.1) is 25.6 Å². The Morgan fingerprint density at radius 2 is 1.94 bits per heavy atom. The van der Waals surface area contributed by atoms with Gasteiger partial charge < -0.3 is 20.1 Å². The first-order chi connectivity index (χ1) is 15.9. The standard InChI is InChI=1S/C23H20F2N4O4/c1-32-22(31)15-7-6-14-11-19(15)33-9-3-2-4-20(30)28-18-10-13(5-8-16(18)24)21-17(25)12-26-23(27-14)29-21/h5-8,10-12H,2-4,9H2,1H3,(H,28,30)(H,26,27,29). The molecule has 8 nitrogen and oxygen atoms in total. The number of amides is 1. The van der Waals surface area contributed by atoms with Gasteiger partial charge in [0, 0.05) is 23.7 Å². The zero-order valence-corrected chi connectivity index (χ0v) is 17.7. The van der Waals surface area contributed by atoms with Crippen LogP contribution in [0.5, 0.6) is 5.75 Å². The number of carbonyl (C=O) groups excluding carboxylic acids is 2.